The summed E-state index contributed by atoms with van der Waals surface area (Å²) in [6, 6.07) is 7.54. The first kappa shape index (κ1) is 15.6. The molecule has 0 bridgehead atoms. The summed E-state index contributed by atoms with van der Waals surface area (Å²) < 4.78 is 25.2. The van der Waals surface area contributed by atoms with Gasteiger partial charge in [0.15, 0.2) is 0 Å². The number of rotatable bonds is 3. The minimum Gasteiger partial charge on any atom is -0.271 e. The molecule has 0 aliphatic heterocycles. The molecule has 0 radical (unpaired) electrons. The summed E-state index contributed by atoms with van der Waals surface area (Å²) in [6.07, 6.45) is 2.57. The molecule has 2 aromatic heterocycles. The second-order valence-corrected chi connectivity index (χ2v) is 7.80. The fourth-order valence-corrected chi connectivity index (χ4v) is 3.26. The van der Waals surface area contributed by atoms with Crippen LogP contribution in [0.3, 0.4) is 0 Å². The van der Waals surface area contributed by atoms with Crippen LogP contribution in [0.5, 0.6) is 0 Å². The Kier molecular flexibility index (Phi) is 3.68. The predicted octanol–water partition coefficient (Wildman–Crippen LogP) is 2.56. The van der Waals surface area contributed by atoms with Crippen molar-refractivity contribution in [3.8, 4) is 11.3 Å². The average Bonchev–Trinajstić information content (AvgIpc) is 2.81. The first-order chi connectivity index (χ1) is 10.8. The highest BCUT2D eigenvalue weighted by atomic mass is 32.2. The van der Waals surface area contributed by atoms with Gasteiger partial charge < -0.3 is 0 Å². The molecule has 0 spiro atoms. The minimum atomic E-state index is -3.43. The third-order valence-corrected chi connectivity index (χ3v) is 4.55. The molecule has 0 amide bonds. The van der Waals surface area contributed by atoms with Crippen LogP contribution in [0.1, 0.15) is 25.5 Å². The highest BCUT2D eigenvalue weighted by Crippen LogP contribution is 2.29. The second kappa shape index (κ2) is 5.42. The molecule has 7 heteroatoms. The topological polar surface area (TPSA) is 77.7 Å². The van der Waals surface area contributed by atoms with E-state index in [4.69, 9.17) is 0 Å². The molecule has 120 valence electrons. The van der Waals surface area contributed by atoms with Crippen LogP contribution in [0.25, 0.3) is 22.2 Å². The SMILES string of the molecule is CC(C)c1c2cc(-c3ccnc(S(C)(=O)=O)n3)ccc2nn1C. The number of sulfone groups is 1. The summed E-state index contributed by atoms with van der Waals surface area (Å²) in [5.74, 6) is 0.331. The summed E-state index contributed by atoms with van der Waals surface area (Å²) in [5.41, 5.74) is 3.48. The van der Waals surface area contributed by atoms with Crippen LogP contribution < -0.4 is 0 Å². The Hall–Kier alpha value is -2.28. The Morgan fingerprint density at radius 2 is 1.91 bits per heavy atom. The van der Waals surface area contributed by atoms with Crippen LogP contribution in [0, 0.1) is 0 Å². The molecular formula is C16H18N4O2S. The molecule has 0 N–H and O–H groups in total. The molecule has 3 rings (SSSR count). The summed E-state index contributed by atoms with van der Waals surface area (Å²) in [4.78, 5) is 8.01. The van der Waals surface area contributed by atoms with E-state index in [2.05, 4.69) is 28.9 Å². The fraction of sp³-hybridized carbons (Fsp3) is 0.312. The van der Waals surface area contributed by atoms with E-state index < -0.39 is 9.84 Å². The van der Waals surface area contributed by atoms with Gasteiger partial charge >= 0.3 is 0 Å². The molecule has 6 nitrogen and oxygen atoms in total. The van der Waals surface area contributed by atoms with Gasteiger partial charge in [0.25, 0.3) is 0 Å². The fourth-order valence-electron chi connectivity index (χ4n) is 2.74. The van der Waals surface area contributed by atoms with E-state index in [-0.39, 0.29) is 5.16 Å². The molecule has 0 aliphatic rings. The highest BCUT2D eigenvalue weighted by molar-refractivity contribution is 7.90. The molecule has 0 saturated heterocycles. The van der Waals surface area contributed by atoms with Gasteiger partial charge in [-0.05, 0) is 24.1 Å². The smallest absolute Gasteiger partial charge is 0.247 e. The number of hydrogen-bond acceptors (Lipinski definition) is 5. The van der Waals surface area contributed by atoms with Crippen LogP contribution in [0.4, 0.5) is 0 Å². The van der Waals surface area contributed by atoms with Crippen LogP contribution in [0.2, 0.25) is 0 Å². The third kappa shape index (κ3) is 2.84. The van der Waals surface area contributed by atoms with Crippen molar-refractivity contribution < 1.29 is 8.42 Å². The van der Waals surface area contributed by atoms with Gasteiger partial charge in [0, 0.05) is 36.1 Å². The van der Waals surface area contributed by atoms with Gasteiger partial charge in [-0.1, -0.05) is 19.9 Å². The van der Waals surface area contributed by atoms with Crippen molar-refractivity contribution >= 4 is 20.7 Å². The molecule has 1 aromatic carbocycles. The maximum Gasteiger partial charge on any atom is 0.247 e. The Morgan fingerprint density at radius 1 is 1.17 bits per heavy atom. The molecule has 23 heavy (non-hydrogen) atoms. The number of fused-ring (bicyclic) bond motifs is 1. The van der Waals surface area contributed by atoms with E-state index in [0.717, 1.165) is 28.4 Å². The second-order valence-electron chi connectivity index (χ2n) is 5.89. The monoisotopic (exact) mass is 330 g/mol. The van der Waals surface area contributed by atoms with Crippen molar-refractivity contribution in [3.63, 3.8) is 0 Å². The standard InChI is InChI=1S/C16H18N4O2S/c1-10(2)15-12-9-11(5-6-14(12)19-20(15)3)13-7-8-17-16(18-13)23(4,21)22/h5-10H,1-4H3. The van der Waals surface area contributed by atoms with E-state index in [1.807, 2.05) is 29.9 Å². The lowest BCUT2D eigenvalue weighted by Gasteiger charge is -2.07. The summed E-state index contributed by atoms with van der Waals surface area (Å²) in [5, 5.41) is 5.41. The van der Waals surface area contributed by atoms with Crippen molar-refractivity contribution in [1.82, 2.24) is 19.7 Å². The number of aromatic nitrogens is 4. The molecule has 0 saturated carbocycles. The lowest BCUT2D eigenvalue weighted by molar-refractivity contribution is 0.593. The Morgan fingerprint density at radius 3 is 2.57 bits per heavy atom. The van der Waals surface area contributed by atoms with Crippen molar-refractivity contribution in [2.24, 2.45) is 7.05 Å². The lowest BCUT2D eigenvalue weighted by Crippen LogP contribution is -2.04. The zero-order valence-electron chi connectivity index (χ0n) is 13.5. The average molecular weight is 330 g/mol. The van der Waals surface area contributed by atoms with Crippen LogP contribution in [0.15, 0.2) is 35.6 Å². The largest absolute Gasteiger partial charge is 0.271 e. The van der Waals surface area contributed by atoms with E-state index in [1.54, 1.807) is 6.07 Å². The first-order valence-corrected chi connectivity index (χ1v) is 9.16. The van der Waals surface area contributed by atoms with Gasteiger partial charge in [0.1, 0.15) is 0 Å². The third-order valence-electron chi connectivity index (χ3n) is 3.69. The number of hydrogen-bond donors (Lipinski definition) is 0. The van der Waals surface area contributed by atoms with Crippen molar-refractivity contribution in [3.05, 3.63) is 36.2 Å². The van der Waals surface area contributed by atoms with E-state index in [0.29, 0.717) is 11.6 Å². The highest BCUT2D eigenvalue weighted by Gasteiger charge is 2.15. The molecular weight excluding hydrogens is 312 g/mol. The summed E-state index contributed by atoms with van der Waals surface area (Å²) >= 11 is 0. The molecule has 0 aliphatic carbocycles. The van der Waals surface area contributed by atoms with Gasteiger partial charge in [-0.3, -0.25) is 4.68 Å². The molecule has 0 unspecified atom stereocenters. The Bertz CT molecular complexity index is 990. The van der Waals surface area contributed by atoms with Gasteiger partial charge in [-0.2, -0.15) is 5.10 Å². The van der Waals surface area contributed by atoms with Crippen molar-refractivity contribution in [2.75, 3.05) is 6.26 Å². The zero-order chi connectivity index (χ0) is 16.8. The van der Waals surface area contributed by atoms with Crippen LogP contribution in [-0.2, 0) is 16.9 Å². The van der Waals surface area contributed by atoms with Crippen molar-refractivity contribution in [1.29, 1.82) is 0 Å². The van der Waals surface area contributed by atoms with Gasteiger partial charge in [0.05, 0.1) is 11.2 Å². The maximum absolute atomic E-state index is 11.6. The molecule has 0 fully saturated rings. The summed E-state index contributed by atoms with van der Waals surface area (Å²) in [6.45, 7) is 4.24. The quantitative estimate of drug-likeness (QED) is 0.690. The zero-order valence-corrected chi connectivity index (χ0v) is 14.3. The number of benzene rings is 1. The minimum absolute atomic E-state index is 0.162. The lowest BCUT2D eigenvalue weighted by atomic mass is 10.0. The number of nitrogens with zero attached hydrogens (tertiary/aromatic N) is 4. The number of aryl methyl sites for hydroxylation is 1. The molecule has 0 atom stereocenters. The van der Waals surface area contributed by atoms with E-state index in [1.165, 1.54) is 6.20 Å². The van der Waals surface area contributed by atoms with Crippen LogP contribution >= 0.6 is 0 Å². The predicted molar refractivity (Wildman–Crippen MR) is 88.9 cm³/mol. The van der Waals surface area contributed by atoms with Gasteiger partial charge in [0.2, 0.25) is 15.0 Å². The molecule has 3 aromatic rings. The van der Waals surface area contributed by atoms with Gasteiger partial charge in [-0.25, -0.2) is 18.4 Å². The molecule has 2 heterocycles. The van der Waals surface area contributed by atoms with E-state index in [9.17, 15) is 8.42 Å². The first-order valence-electron chi connectivity index (χ1n) is 7.27. The van der Waals surface area contributed by atoms with Crippen molar-refractivity contribution in [2.45, 2.75) is 24.9 Å². The summed E-state index contributed by atoms with van der Waals surface area (Å²) in [7, 11) is -1.50. The Labute approximate surface area is 135 Å². The van der Waals surface area contributed by atoms with Crippen LogP contribution in [-0.4, -0.2) is 34.4 Å². The van der Waals surface area contributed by atoms with Gasteiger partial charge in [-0.15, -0.1) is 0 Å². The Balaban J connectivity index is 2.20. The normalized spacial score (nSPS) is 12.2. The van der Waals surface area contributed by atoms with E-state index >= 15 is 0 Å². The maximum atomic E-state index is 11.6.